The van der Waals surface area contributed by atoms with Crippen molar-refractivity contribution in [1.82, 2.24) is 4.98 Å². The van der Waals surface area contributed by atoms with E-state index in [9.17, 15) is 0 Å². The zero-order valence-corrected chi connectivity index (χ0v) is 13.0. The summed E-state index contributed by atoms with van der Waals surface area (Å²) >= 11 is 0. The van der Waals surface area contributed by atoms with E-state index in [0.29, 0.717) is 0 Å². The van der Waals surface area contributed by atoms with Crippen molar-refractivity contribution < 1.29 is 0 Å². The van der Waals surface area contributed by atoms with Gasteiger partial charge in [0.05, 0.1) is 5.71 Å². The molecule has 0 bridgehead atoms. The number of aryl methyl sites for hydroxylation is 1. The van der Waals surface area contributed by atoms with Gasteiger partial charge in [0, 0.05) is 6.20 Å². The standard InChI is InChI=1S/C19H24N2/c1-3-4-5-9-14-18(17-12-7-6-8-13-17)21-19-16(2)11-10-15-20-19/h6-8,10-13,15H,3-5,9,14H2,1-2H3/b21-18-. The number of hydrogen-bond acceptors (Lipinski definition) is 2. The quantitative estimate of drug-likeness (QED) is 0.487. The SMILES string of the molecule is CCCCCC/C(=N/c1ncccc1C)c1ccccc1. The third-order valence-electron chi connectivity index (χ3n) is 3.60. The second-order valence-corrected chi connectivity index (χ2v) is 5.38. The largest absolute Gasteiger partial charge is 0.237 e. The lowest BCUT2D eigenvalue weighted by molar-refractivity contribution is 0.683. The number of nitrogens with zero attached hydrogens (tertiary/aromatic N) is 2. The van der Waals surface area contributed by atoms with Crippen molar-refractivity contribution in [2.24, 2.45) is 4.99 Å². The van der Waals surface area contributed by atoms with Crippen LogP contribution in [0.25, 0.3) is 0 Å². The molecule has 0 atom stereocenters. The Hall–Kier alpha value is -1.96. The zero-order chi connectivity index (χ0) is 14.9. The number of aromatic nitrogens is 1. The fourth-order valence-corrected chi connectivity index (χ4v) is 2.34. The first kappa shape index (κ1) is 15.4. The minimum absolute atomic E-state index is 0.840. The minimum Gasteiger partial charge on any atom is -0.237 e. The smallest absolute Gasteiger partial charge is 0.154 e. The topological polar surface area (TPSA) is 25.2 Å². The molecule has 2 rings (SSSR count). The summed E-state index contributed by atoms with van der Waals surface area (Å²) in [5.41, 5.74) is 3.48. The van der Waals surface area contributed by atoms with E-state index in [1.807, 2.05) is 18.3 Å². The van der Waals surface area contributed by atoms with Crippen LogP contribution in [0.15, 0.2) is 53.7 Å². The van der Waals surface area contributed by atoms with Crippen LogP contribution >= 0.6 is 0 Å². The van der Waals surface area contributed by atoms with Crippen LogP contribution in [0.3, 0.4) is 0 Å². The van der Waals surface area contributed by atoms with Crippen molar-refractivity contribution >= 4 is 11.5 Å². The van der Waals surface area contributed by atoms with Crippen molar-refractivity contribution in [2.75, 3.05) is 0 Å². The lowest BCUT2D eigenvalue weighted by Crippen LogP contribution is -2.01. The number of unbranched alkanes of at least 4 members (excludes halogenated alkanes) is 3. The van der Waals surface area contributed by atoms with Gasteiger partial charge in [-0.3, -0.25) is 0 Å². The molecule has 0 aliphatic carbocycles. The van der Waals surface area contributed by atoms with Gasteiger partial charge in [0.1, 0.15) is 0 Å². The summed E-state index contributed by atoms with van der Waals surface area (Å²) in [6.07, 6.45) is 7.84. The molecule has 0 N–H and O–H groups in total. The Balaban J connectivity index is 2.21. The van der Waals surface area contributed by atoms with Crippen molar-refractivity contribution in [1.29, 1.82) is 0 Å². The fourth-order valence-electron chi connectivity index (χ4n) is 2.34. The molecule has 0 saturated heterocycles. The second kappa shape index (κ2) is 8.35. The van der Waals surface area contributed by atoms with Crippen molar-refractivity contribution in [3.8, 4) is 0 Å². The Kier molecular flexibility index (Phi) is 6.14. The van der Waals surface area contributed by atoms with E-state index in [0.717, 1.165) is 23.5 Å². The third-order valence-corrected chi connectivity index (χ3v) is 3.60. The van der Waals surface area contributed by atoms with Crippen molar-refractivity contribution in [2.45, 2.75) is 46.0 Å². The van der Waals surface area contributed by atoms with Crippen LogP contribution in [0.1, 0.15) is 50.2 Å². The maximum Gasteiger partial charge on any atom is 0.154 e. The molecule has 0 aliphatic rings. The summed E-state index contributed by atoms with van der Waals surface area (Å²) in [5.74, 6) is 0.840. The van der Waals surface area contributed by atoms with E-state index in [2.05, 4.69) is 49.2 Å². The summed E-state index contributed by atoms with van der Waals surface area (Å²) in [6.45, 7) is 4.30. The highest BCUT2D eigenvalue weighted by Crippen LogP contribution is 2.18. The van der Waals surface area contributed by atoms with Gasteiger partial charge in [-0.25, -0.2) is 9.98 Å². The molecule has 1 aromatic carbocycles. The fraction of sp³-hybridized carbons (Fsp3) is 0.368. The van der Waals surface area contributed by atoms with Crippen LogP contribution in [-0.2, 0) is 0 Å². The highest BCUT2D eigenvalue weighted by Gasteiger charge is 2.05. The van der Waals surface area contributed by atoms with Gasteiger partial charge in [0.2, 0.25) is 0 Å². The monoisotopic (exact) mass is 280 g/mol. The molecule has 0 saturated carbocycles. The maximum absolute atomic E-state index is 4.83. The summed E-state index contributed by atoms with van der Waals surface area (Å²) in [7, 11) is 0. The Labute approximate surface area is 128 Å². The molecule has 0 amide bonds. The molecule has 1 aromatic heterocycles. The predicted octanol–water partition coefficient (Wildman–Crippen LogP) is 5.48. The number of rotatable bonds is 7. The van der Waals surface area contributed by atoms with Crippen molar-refractivity contribution in [3.63, 3.8) is 0 Å². The van der Waals surface area contributed by atoms with E-state index in [4.69, 9.17) is 4.99 Å². The predicted molar refractivity (Wildman–Crippen MR) is 90.4 cm³/mol. The molecule has 0 unspecified atom stereocenters. The van der Waals surface area contributed by atoms with Gasteiger partial charge in [0.25, 0.3) is 0 Å². The van der Waals surface area contributed by atoms with E-state index < -0.39 is 0 Å². The molecule has 0 radical (unpaired) electrons. The molecule has 110 valence electrons. The lowest BCUT2D eigenvalue weighted by Gasteiger charge is -2.08. The Morgan fingerprint density at radius 1 is 1.00 bits per heavy atom. The van der Waals surface area contributed by atoms with Gasteiger partial charge in [0.15, 0.2) is 5.82 Å². The molecular formula is C19H24N2. The van der Waals surface area contributed by atoms with E-state index >= 15 is 0 Å². The van der Waals surface area contributed by atoms with Gasteiger partial charge in [-0.15, -0.1) is 0 Å². The molecule has 2 aromatic rings. The van der Waals surface area contributed by atoms with Crippen LogP contribution in [-0.4, -0.2) is 10.7 Å². The first-order valence-electron chi connectivity index (χ1n) is 7.86. The molecule has 2 nitrogen and oxygen atoms in total. The van der Waals surface area contributed by atoms with Crippen LogP contribution in [0, 0.1) is 6.92 Å². The van der Waals surface area contributed by atoms with Gasteiger partial charge in [-0.1, -0.05) is 62.6 Å². The van der Waals surface area contributed by atoms with Crippen LogP contribution in [0.2, 0.25) is 0 Å². The summed E-state index contributed by atoms with van der Waals surface area (Å²) in [6, 6.07) is 14.5. The van der Waals surface area contributed by atoms with Gasteiger partial charge < -0.3 is 0 Å². The summed E-state index contributed by atoms with van der Waals surface area (Å²) < 4.78 is 0. The average molecular weight is 280 g/mol. The molecule has 0 fully saturated rings. The minimum atomic E-state index is 0.840. The number of pyridine rings is 1. The van der Waals surface area contributed by atoms with E-state index in [1.54, 1.807) is 0 Å². The van der Waals surface area contributed by atoms with Gasteiger partial charge in [-0.2, -0.15) is 0 Å². The second-order valence-electron chi connectivity index (χ2n) is 5.38. The first-order chi connectivity index (χ1) is 10.3. The van der Waals surface area contributed by atoms with Crippen LogP contribution in [0.5, 0.6) is 0 Å². The molecular weight excluding hydrogens is 256 g/mol. The lowest BCUT2D eigenvalue weighted by atomic mass is 10.0. The third kappa shape index (κ3) is 4.82. The zero-order valence-electron chi connectivity index (χ0n) is 13.0. The van der Waals surface area contributed by atoms with E-state index in [1.165, 1.54) is 31.2 Å². The molecule has 0 spiro atoms. The Morgan fingerprint density at radius 3 is 2.52 bits per heavy atom. The number of hydrogen-bond donors (Lipinski definition) is 0. The van der Waals surface area contributed by atoms with Gasteiger partial charge in [-0.05, 0) is 37.0 Å². The highest BCUT2D eigenvalue weighted by molar-refractivity contribution is 6.01. The molecule has 1 heterocycles. The van der Waals surface area contributed by atoms with Crippen LogP contribution < -0.4 is 0 Å². The number of benzene rings is 1. The molecule has 2 heteroatoms. The Bertz CT molecular complexity index is 573. The normalized spacial score (nSPS) is 11.6. The Morgan fingerprint density at radius 2 is 1.81 bits per heavy atom. The maximum atomic E-state index is 4.83. The van der Waals surface area contributed by atoms with Crippen molar-refractivity contribution in [3.05, 3.63) is 59.8 Å². The average Bonchev–Trinajstić information content (AvgIpc) is 2.53. The number of aliphatic imine (C=N–C) groups is 1. The first-order valence-corrected chi connectivity index (χ1v) is 7.86. The van der Waals surface area contributed by atoms with Crippen LogP contribution in [0.4, 0.5) is 5.82 Å². The molecule has 21 heavy (non-hydrogen) atoms. The summed E-state index contributed by atoms with van der Waals surface area (Å²) in [5, 5.41) is 0. The van der Waals surface area contributed by atoms with E-state index in [-0.39, 0.29) is 0 Å². The van der Waals surface area contributed by atoms with Gasteiger partial charge >= 0.3 is 0 Å². The molecule has 0 aliphatic heterocycles. The summed E-state index contributed by atoms with van der Waals surface area (Å²) in [4.78, 5) is 9.23. The highest BCUT2D eigenvalue weighted by atomic mass is 14.9.